The molecule has 0 aliphatic rings. The number of hydrogen-bond acceptors (Lipinski definition) is 15. The van der Waals surface area contributed by atoms with Crippen molar-refractivity contribution >= 4 is 90.6 Å². The molecule has 4 aromatic heterocycles. The number of benzene rings is 4. The van der Waals surface area contributed by atoms with E-state index in [4.69, 9.17) is 46.3 Å². The number of nitrogens with zero attached hydrogens (tertiary/aromatic N) is 8. The molecule has 4 heterocycles. The molecule has 0 saturated heterocycles. The van der Waals surface area contributed by atoms with Crippen molar-refractivity contribution in [1.82, 2.24) is 29.1 Å². The van der Waals surface area contributed by atoms with Gasteiger partial charge in [-0.15, -0.1) is 0 Å². The average Bonchev–Trinajstić information content (AvgIpc) is 3.93. The molecule has 19 heteroatoms. The summed E-state index contributed by atoms with van der Waals surface area (Å²) in [5.41, 5.74) is 16.5. The number of nitrogens with two attached hydrogens (primary N) is 1. The van der Waals surface area contributed by atoms with Gasteiger partial charge < -0.3 is 59.6 Å². The second-order valence-corrected chi connectivity index (χ2v) is 16.7. The predicted molar refractivity (Wildman–Crippen MR) is 295 cm³/mol. The van der Waals surface area contributed by atoms with Crippen molar-refractivity contribution in [3.8, 4) is 34.0 Å². The summed E-state index contributed by atoms with van der Waals surface area (Å²) < 4.78 is 25.8. The van der Waals surface area contributed by atoms with Crippen LogP contribution in [0.5, 0.6) is 11.5 Å². The van der Waals surface area contributed by atoms with Crippen LogP contribution in [0.4, 0.5) is 46.0 Å². The van der Waals surface area contributed by atoms with Crippen molar-refractivity contribution in [2.45, 2.75) is 0 Å². The van der Waals surface area contributed by atoms with Gasteiger partial charge in [0, 0.05) is 125 Å². The van der Waals surface area contributed by atoms with Crippen molar-refractivity contribution in [2.75, 3.05) is 100 Å². The van der Waals surface area contributed by atoms with Crippen molar-refractivity contribution in [2.24, 2.45) is 14.1 Å². The van der Waals surface area contributed by atoms with Crippen LogP contribution in [0.25, 0.3) is 44.3 Å². The number of aromatic nitrogens is 6. The highest BCUT2D eigenvalue weighted by Crippen LogP contribution is 2.39. The molecule has 8 rings (SSSR count). The summed E-state index contributed by atoms with van der Waals surface area (Å²) in [5, 5.41) is 11.1. The summed E-state index contributed by atoms with van der Waals surface area (Å²) in [4.78, 5) is 43.9. The van der Waals surface area contributed by atoms with E-state index >= 15 is 0 Å². The van der Waals surface area contributed by atoms with E-state index in [1.807, 2.05) is 92.6 Å². The molecule has 0 saturated carbocycles. The van der Waals surface area contributed by atoms with Gasteiger partial charge in [-0.05, 0) is 60.2 Å². The van der Waals surface area contributed by atoms with Crippen LogP contribution in [0.2, 0.25) is 0 Å². The Labute approximate surface area is 430 Å². The molecule has 0 bridgehead atoms. The zero-order chi connectivity index (χ0) is 52.6. The number of anilines is 8. The Morgan fingerprint density at radius 3 is 1.58 bits per heavy atom. The van der Waals surface area contributed by atoms with Gasteiger partial charge in [-0.2, -0.15) is 0 Å². The molecule has 0 aliphatic heterocycles. The monoisotopic (exact) mass is 1010 g/mol. The van der Waals surface area contributed by atoms with Crippen LogP contribution in [0.1, 0.15) is 0 Å². The lowest BCUT2D eigenvalue weighted by Crippen LogP contribution is -2.24. The highest BCUT2D eigenvalue weighted by Gasteiger charge is 2.19. The number of ether oxygens (including phenoxy) is 4. The van der Waals surface area contributed by atoms with Gasteiger partial charge in [0.25, 0.3) is 0 Å². The Balaban J connectivity index is 0.000000219. The molecule has 18 nitrogen and oxygen atoms in total. The largest absolute Gasteiger partial charge is 0.494 e. The molecule has 0 aliphatic carbocycles. The number of rotatable bonds is 19. The fourth-order valence-corrected chi connectivity index (χ4v) is 7.79. The van der Waals surface area contributed by atoms with E-state index in [0.29, 0.717) is 72.4 Å². The van der Waals surface area contributed by atoms with E-state index in [1.54, 1.807) is 46.9 Å². The van der Waals surface area contributed by atoms with Gasteiger partial charge in [0.05, 0.1) is 72.9 Å². The average molecular weight is 1010 g/mol. The first kappa shape index (κ1) is 53.9. The number of fused-ring (bicyclic) bond motifs is 2. The lowest BCUT2D eigenvalue weighted by atomic mass is 10.1. The Hall–Kier alpha value is -8.45. The lowest BCUT2D eigenvalue weighted by Gasteiger charge is -2.24. The number of halogens is 1. The Kier molecular flexibility index (Phi) is 18.9. The summed E-state index contributed by atoms with van der Waals surface area (Å²) in [6.45, 7) is 9.11. The van der Waals surface area contributed by atoms with Crippen LogP contribution in [-0.2, 0) is 33.2 Å². The third-order valence-corrected chi connectivity index (χ3v) is 11.7. The van der Waals surface area contributed by atoms with Crippen LogP contribution in [-0.4, -0.2) is 109 Å². The SMILES string of the molecule is C=CC(=O)Cl.C=CC(=O)Nc1cc(Nc2nccc(-c3cn(C)c4ccccc34)n2)c(OC)cc1N(C)CCOC.COCCN(C)c1cc(OC)c(Nc2nccc(-c3cn(C)c4ccccc34)n2)cc1N. The zero-order valence-electron chi connectivity index (χ0n) is 42.3. The van der Waals surface area contributed by atoms with Gasteiger partial charge in [0.1, 0.15) is 11.5 Å². The third kappa shape index (κ3) is 13.5. The highest BCUT2D eigenvalue weighted by atomic mass is 35.5. The third-order valence-electron chi connectivity index (χ3n) is 11.5. The van der Waals surface area contributed by atoms with E-state index in [1.165, 1.54) is 6.08 Å². The second kappa shape index (κ2) is 25.6. The van der Waals surface area contributed by atoms with Crippen molar-refractivity contribution in [1.29, 1.82) is 0 Å². The van der Waals surface area contributed by atoms with E-state index < -0.39 is 5.24 Å². The minimum atomic E-state index is -0.509. The number of allylic oxidation sites excluding steroid dienone is 1. The number of aryl methyl sites for hydroxylation is 2. The first-order chi connectivity index (χ1) is 35.2. The van der Waals surface area contributed by atoms with Crippen molar-refractivity contribution in [3.63, 3.8) is 0 Å². The number of para-hydroxylation sites is 2. The fraction of sp³-hybridized carbons (Fsp3) is 0.222. The molecule has 0 radical (unpaired) electrons. The summed E-state index contributed by atoms with van der Waals surface area (Å²) in [6, 6.07) is 27.6. The normalized spacial score (nSPS) is 10.6. The molecule has 1 amide bonds. The molecule has 0 unspecified atom stereocenters. The fourth-order valence-electron chi connectivity index (χ4n) is 7.79. The minimum Gasteiger partial charge on any atom is -0.494 e. The molecule has 0 atom stereocenters. The first-order valence-electron chi connectivity index (χ1n) is 22.9. The van der Waals surface area contributed by atoms with Crippen LogP contribution in [0, 0.1) is 0 Å². The maximum Gasteiger partial charge on any atom is 0.247 e. The Morgan fingerprint density at radius 1 is 0.671 bits per heavy atom. The molecule has 5 N–H and O–H groups in total. The molecule has 0 fully saturated rings. The number of methoxy groups -OCH3 is 4. The minimum absolute atomic E-state index is 0.318. The quantitative estimate of drug-likeness (QED) is 0.0339. The molecular formula is C54H61ClN12O6. The van der Waals surface area contributed by atoms with E-state index in [2.05, 4.69) is 84.9 Å². The van der Waals surface area contributed by atoms with Crippen LogP contribution in [0.15, 0.2) is 135 Å². The smallest absolute Gasteiger partial charge is 0.247 e. The number of carbonyl (C=O) groups is 2. The number of hydrogen-bond donors (Lipinski definition) is 4. The Bertz CT molecular complexity index is 3210. The number of likely N-dealkylation sites (N-methyl/N-ethyl adjacent to an activating group) is 2. The number of amides is 1. The molecule has 0 spiro atoms. The summed E-state index contributed by atoms with van der Waals surface area (Å²) in [7, 11) is 14.5. The lowest BCUT2D eigenvalue weighted by molar-refractivity contribution is -0.112. The molecular weight excluding hydrogens is 948 g/mol. The standard InChI is InChI=1S/C27H30N6O3.C24H28N6O2.C3H3ClO/c1-6-26(34)29-21-15-22(25(36-5)16-24(21)32(2)13-14-35-4)31-27-28-12-11-20(30-27)19-17-33(3)23-10-8-7-9-18(19)23;1-29(11-12-31-3)22-14-23(32-4)20(13-18(22)25)28-24-26-10-9-19(27-24)17-15-30(2)21-8-6-5-7-16(17)21;1-2-3(4)5/h6-12,15-17H,1,13-14H2,2-5H3,(H,29,34)(H,28,30,31);5-10,13-15H,11-12,25H2,1-4H3,(H,26,27,28);2H,1H2. The van der Waals surface area contributed by atoms with Gasteiger partial charge in [-0.3, -0.25) is 9.59 Å². The highest BCUT2D eigenvalue weighted by molar-refractivity contribution is 6.66. The predicted octanol–water partition coefficient (Wildman–Crippen LogP) is 9.58. The van der Waals surface area contributed by atoms with Gasteiger partial charge >= 0.3 is 0 Å². The van der Waals surface area contributed by atoms with Crippen molar-refractivity contribution in [3.05, 3.63) is 135 Å². The molecule has 8 aromatic rings. The summed E-state index contributed by atoms with van der Waals surface area (Å²) in [5.74, 6) is 1.78. The topological polar surface area (TPSA) is 201 Å². The number of carbonyl (C=O) groups excluding carboxylic acids is 2. The van der Waals surface area contributed by atoms with Gasteiger partial charge in [-0.1, -0.05) is 49.6 Å². The van der Waals surface area contributed by atoms with Crippen LogP contribution < -0.4 is 41.0 Å². The van der Waals surface area contributed by atoms with E-state index in [9.17, 15) is 9.59 Å². The molecule has 73 heavy (non-hydrogen) atoms. The number of nitrogens with one attached hydrogen (secondary N) is 3. The second-order valence-electron chi connectivity index (χ2n) is 16.3. The first-order valence-corrected chi connectivity index (χ1v) is 23.3. The zero-order valence-corrected chi connectivity index (χ0v) is 43.0. The van der Waals surface area contributed by atoms with Gasteiger partial charge in [-0.25, -0.2) is 19.9 Å². The van der Waals surface area contributed by atoms with Gasteiger partial charge in [0.2, 0.25) is 23.0 Å². The number of nitrogen functional groups attached to an aromatic ring is 1. The maximum atomic E-state index is 12.2. The summed E-state index contributed by atoms with van der Waals surface area (Å²) >= 11 is 4.71. The maximum absolute atomic E-state index is 12.2. The van der Waals surface area contributed by atoms with Crippen LogP contribution >= 0.6 is 11.6 Å². The van der Waals surface area contributed by atoms with Crippen LogP contribution in [0.3, 0.4) is 0 Å². The Morgan fingerprint density at radius 2 is 1.12 bits per heavy atom. The van der Waals surface area contributed by atoms with E-state index in [0.717, 1.165) is 61.8 Å². The molecule has 380 valence electrons. The van der Waals surface area contributed by atoms with Gasteiger partial charge in [0.15, 0.2) is 0 Å². The van der Waals surface area contributed by atoms with Crippen molar-refractivity contribution < 1.29 is 28.5 Å². The van der Waals surface area contributed by atoms with E-state index in [-0.39, 0.29) is 5.91 Å². The molecule has 4 aromatic carbocycles. The summed E-state index contributed by atoms with van der Waals surface area (Å²) in [6.07, 6.45) is 9.88.